The number of non-ortho nitro benzene ring substituents is 1. The van der Waals surface area contributed by atoms with Crippen molar-refractivity contribution in [2.45, 2.75) is 32.2 Å². The van der Waals surface area contributed by atoms with E-state index < -0.39 is 0 Å². The van der Waals surface area contributed by atoms with Gasteiger partial charge in [0.1, 0.15) is 0 Å². The summed E-state index contributed by atoms with van der Waals surface area (Å²) < 4.78 is 2.13. The Bertz CT molecular complexity index is 629. The summed E-state index contributed by atoms with van der Waals surface area (Å²) >= 11 is 0. The molecule has 3 rings (SSSR count). The molecule has 112 valence electrons. The summed E-state index contributed by atoms with van der Waals surface area (Å²) in [6, 6.07) is 7.10. The van der Waals surface area contributed by atoms with Crippen molar-refractivity contribution in [1.82, 2.24) is 9.47 Å². The third kappa shape index (κ3) is 3.24. The first kappa shape index (κ1) is 14.1. The second kappa shape index (κ2) is 6.26. The smallest absolute Gasteiger partial charge is 0.271 e. The lowest BCUT2D eigenvalue weighted by Crippen LogP contribution is -2.31. The van der Waals surface area contributed by atoms with Gasteiger partial charge in [0.15, 0.2) is 0 Å². The Hall–Kier alpha value is -1.88. The summed E-state index contributed by atoms with van der Waals surface area (Å²) in [6.07, 6.45) is 7.12. The normalized spacial score (nSPS) is 16.4. The third-order valence-electron chi connectivity index (χ3n) is 4.29. The molecule has 0 aliphatic carbocycles. The van der Waals surface area contributed by atoms with Gasteiger partial charge in [-0.3, -0.25) is 10.1 Å². The minimum absolute atomic E-state index is 0.165. The number of benzene rings is 1. The van der Waals surface area contributed by atoms with Crippen LogP contribution in [-0.4, -0.2) is 34.0 Å². The topological polar surface area (TPSA) is 51.3 Å². The van der Waals surface area contributed by atoms with Crippen LogP contribution in [0, 0.1) is 10.1 Å². The van der Waals surface area contributed by atoms with E-state index in [0.717, 1.165) is 30.4 Å². The van der Waals surface area contributed by atoms with Crippen LogP contribution < -0.4 is 0 Å². The molecule has 0 radical (unpaired) electrons. The summed E-state index contributed by atoms with van der Waals surface area (Å²) in [5, 5.41) is 12.0. The molecule has 1 fully saturated rings. The van der Waals surface area contributed by atoms with Gasteiger partial charge in [-0.1, -0.05) is 6.42 Å². The molecule has 21 heavy (non-hydrogen) atoms. The minimum Gasteiger partial charge on any atom is -0.347 e. The lowest BCUT2D eigenvalue weighted by Gasteiger charge is -2.26. The molecule has 2 aromatic rings. The van der Waals surface area contributed by atoms with Crippen molar-refractivity contribution in [3.63, 3.8) is 0 Å². The second-order valence-corrected chi connectivity index (χ2v) is 5.77. The van der Waals surface area contributed by atoms with Crippen molar-refractivity contribution < 1.29 is 4.92 Å². The Morgan fingerprint density at radius 1 is 1.10 bits per heavy atom. The number of rotatable bonds is 5. The Morgan fingerprint density at radius 2 is 1.90 bits per heavy atom. The van der Waals surface area contributed by atoms with Crippen LogP contribution in [0.25, 0.3) is 10.9 Å². The quantitative estimate of drug-likeness (QED) is 0.625. The van der Waals surface area contributed by atoms with E-state index in [9.17, 15) is 10.1 Å². The zero-order chi connectivity index (χ0) is 14.7. The molecule has 0 bridgehead atoms. The maximum absolute atomic E-state index is 10.9. The van der Waals surface area contributed by atoms with Crippen molar-refractivity contribution in [3.05, 3.63) is 40.6 Å². The number of hydrogen-bond acceptors (Lipinski definition) is 3. The molecular formula is C16H21N3O2. The van der Waals surface area contributed by atoms with Gasteiger partial charge in [0.2, 0.25) is 0 Å². The molecule has 1 saturated heterocycles. The zero-order valence-corrected chi connectivity index (χ0v) is 12.2. The van der Waals surface area contributed by atoms with Crippen LogP contribution in [0.3, 0.4) is 0 Å². The van der Waals surface area contributed by atoms with Crippen molar-refractivity contribution in [3.8, 4) is 0 Å². The van der Waals surface area contributed by atoms with Crippen LogP contribution in [0.1, 0.15) is 25.7 Å². The first-order chi connectivity index (χ1) is 10.2. The fourth-order valence-electron chi connectivity index (χ4n) is 3.13. The molecule has 0 N–H and O–H groups in total. The Kier molecular flexibility index (Phi) is 4.20. The molecule has 0 amide bonds. The maximum Gasteiger partial charge on any atom is 0.271 e. The summed E-state index contributed by atoms with van der Waals surface area (Å²) in [5.74, 6) is 0. The van der Waals surface area contributed by atoms with Crippen LogP contribution in [0.15, 0.2) is 30.5 Å². The number of fused-ring (bicyclic) bond motifs is 1. The molecule has 0 saturated carbocycles. The highest BCUT2D eigenvalue weighted by molar-refractivity contribution is 5.82. The molecule has 0 unspecified atom stereocenters. The Balaban J connectivity index is 1.65. The minimum atomic E-state index is -0.329. The number of aryl methyl sites for hydroxylation is 1. The van der Waals surface area contributed by atoms with Crippen LogP contribution in [0.5, 0.6) is 0 Å². The van der Waals surface area contributed by atoms with Crippen LogP contribution in [0.2, 0.25) is 0 Å². The highest BCUT2D eigenvalue weighted by atomic mass is 16.6. The van der Waals surface area contributed by atoms with Gasteiger partial charge in [-0.15, -0.1) is 0 Å². The number of nitrogens with zero attached hydrogens (tertiary/aromatic N) is 3. The lowest BCUT2D eigenvalue weighted by atomic mass is 10.1. The van der Waals surface area contributed by atoms with Crippen molar-refractivity contribution in [2.75, 3.05) is 19.6 Å². The summed E-state index contributed by atoms with van der Waals surface area (Å²) in [6.45, 7) is 4.48. The second-order valence-electron chi connectivity index (χ2n) is 5.77. The summed E-state index contributed by atoms with van der Waals surface area (Å²) in [7, 11) is 0. The van der Waals surface area contributed by atoms with E-state index >= 15 is 0 Å². The van der Waals surface area contributed by atoms with E-state index in [1.165, 1.54) is 32.4 Å². The van der Waals surface area contributed by atoms with E-state index in [1.807, 2.05) is 18.3 Å². The van der Waals surface area contributed by atoms with Crippen LogP contribution >= 0.6 is 0 Å². The predicted octanol–water partition coefficient (Wildman–Crippen LogP) is 3.43. The van der Waals surface area contributed by atoms with Crippen molar-refractivity contribution in [1.29, 1.82) is 0 Å². The number of likely N-dealkylation sites (tertiary alicyclic amines) is 1. The van der Waals surface area contributed by atoms with Gasteiger partial charge in [-0.25, -0.2) is 0 Å². The maximum atomic E-state index is 10.9. The molecule has 1 aliphatic rings. The van der Waals surface area contributed by atoms with E-state index in [4.69, 9.17) is 0 Å². The van der Waals surface area contributed by atoms with E-state index in [1.54, 1.807) is 12.1 Å². The zero-order valence-electron chi connectivity index (χ0n) is 12.2. The molecule has 5 nitrogen and oxygen atoms in total. The molecule has 1 aromatic carbocycles. The molecular weight excluding hydrogens is 266 g/mol. The van der Waals surface area contributed by atoms with Gasteiger partial charge < -0.3 is 9.47 Å². The first-order valence-electron chi connectivity index (χ1n) is 7.70. The monoisotopic (exact) mass is 287 g/mol. The molecule has 1 aliphatic heterocycles. The van der Waals surface area contributed by atoms with Gasteiger partial charge in [0.25, 0.3) is 5.69 Å². The number of nitro groups is 1. The van der Waals surface area contributed by atoms with E-state index in [2.05, 4.69) is 9.47 Å². The predicted molar refractivity (Wildman–Crippen MR) is 83.5 cm³/mol. The van der Waals surface area contributed by atoms with Crippen molar-refractivity contribution in [2.24, 2.45) is 0 Å². The summed E-state index contributed by atoms with van der Waals surface area (Å²) in [4.78, 5) is 13.1. The standard InChI is InChI=1S/C16H21N3O2/c20-19(21)15-6-5-14-7-12-18(16(14)13-15)11-4-10-17-8-2-1-3-9-17/h5-7,12-13H,1-4,8-11H2. The molecule has 0 spiro atoms. The van der Waals surface area contributed by atoms with Crippen LogP contribution in [0.4, 0.5) is 5.69 Å². The molecule has 1 aromatic heterocycles. The largest absolute Gasteiger partial charge is 0.347 e. The van der Waals surface area contributed by atoms with E-state index in [-0.39, 0.29) is 10.6 Å². The molecule has 0 atom stereocenters. The average molecular weight is 287 g/mol. The fraction of sp³-hybridized carbons (Fsp3) is 0.500. The Morgan fingerprint density at radius 3 is 2.67 bits per heavy atom. The third-order valence-corrected chi connectivity index (χ3v) is 4.29. The summed E-state index contributed by atoms with van der Waals surface area (Å²) in [5.41, 5.74) is 1.13. The van der Waals surface area contributed by atoms with Crippen LogP contribution in [-0.2, 0) is 6.54 Å². The van der Waals surface area contributed by atoms with Gasteiger partial charge in [-0.05, 0) is 51.0 Å². The lowest BCUT2D eigenvalue weighted by molar-refractivity contribution is -0.384. The fourth-order valence-corrected chi connectivity index (χ4v) is 3.13. The highest BCUT2D eigenvalue weighted by Crippen LogP contribution is 2.22. The van der Waals surface area contributed by atoms with E-state index in [0.29, 0.717) is 0 Å². The highest BCUT2D eigenvalue weighted by Gasteiger charge is 2.11. The number of nitro benzene ring substituents is 1. The molecule has 2 heterocycles. The average Bonchev–Trinajstić information content (AvgIpc) is 2.91. The van der Waals surface area contributed by atoms with Crippen molar-refractivity contribution >= 4 is 16.6 Å². The number of piperidine rings is 1. The van der Waals surface area contributed by atoms with Gasteiger partial charge in [0.05, 0.1) is 10.4 Å². The number of hydrogen-bond donors (Lipinski definition) is 0. The number of aromatic nitrogens is 1. The first-order valence-corrected chi connectivity index (χ1v) is 7.70. The SMILES string of the molecule is O=[N+]([O-])c1ccc2ccn(CCCN3CCCCC3)c2c1. The van der Waals surface area contributed by atoms with Gasteiger partial charge in [0, 0.05) is 30.3 Å². The molecule has 5 heteroatoms. The van der Waals surface area contributed by atoms with Gasteiger partial charge >= 0.3 is 0 Å². The van der Waals surface area contributed by atoms with Gasteiger partial charge in [-0.2, -0.15) is 0 Å². The Labute approximate surface area is 124 Å².